The third kappa shape index (κ3) is 3.56. The summed E-state index contributed by atoms with van der Waals surface area (Å²) in [6.45, 7) is 1.69. The second-order valence-electron chi connectivity index (χ2n) is 4.68. The van der Waals surface area contributed by atoms with Crippen molar-refractivity contribution in [2.24, 2.45) is 5.73 Å². The van der Waals surface area contributed by atoms with Crippen molar-refractivity contribution in [3.05, 3.63) is 64.7 Å². The third-order valence-corrected chi connectivity index (χ3v) is 3.03. The first-order valence-electron chi connectivity index (χ1n) is 6.37. The molecular weight excluding hydrogens is 274 g/mol. The van der Waals surface area contributed by atoms with Crippen molar-refractivity contribution >= 4 is 0 Å². The van der Waals surface area contributed by atoms with Crippen molar-refractivity contribution < 1.29 is 13.5 Å². The molecule has 2 rings (SSSR count). The predicted octanol–water partition coefficient (Wildman–Crippen LogP) is 3.44. The lowest BCUT2D eigenvalue weighted by atomic mass is 10.1. The monoisotopic (exact) mass is 288 g/mol. The Morgan fingerprint density at radius 3 is 2.62 bits per heavy atom. The molecule has 2 aromatic rings. The lowest BCUT2D eigenvalue weighted by Crippen LogP contribution is -2.09. The summed E-state index contributed by atoms with van der Waals surface area (Å²) >= 11 is 0. The zero-order valence-electron chi connectivity index (χ0n) is 11.4. The summed E-state index contributed by atoms with van der Waals surface area (Å²) in [5.41, 5.74) is 6.84. The zero-order chi connectivity index (χ0) is 15.4. The van der Waals surface area contributed by atoms with Gasteiger partial charge in [-0.3, -0.25) is 0 Å². The molecule has 0 aliphatic heterocycles. The van der Waals surface area contributed by atoms with Crippen LogP contribution in [0.15, 0.2) is 36.4 Å². The van der Waals surface area contributed by atoms with Crippen molar-refractivity contribution in [3.63, 3.8) is 0 Å². The number of hydrogen-bond acceptors (Lipinski definition) is 3. The highest BCUT2D eigenvalue weighted by molar-refractivity contribution is 5.37. The maximum absolute atomic E-state index is 13.7. The van der Waals surface area contributed by atoms with Gasteiger partial charge in [0.05, 0.1) is 11.6 Å². The number of nitriles is 1. The van der Waals surface area contributed by atoms with Crippen molar-refractivity contribution in [2.45, 2.75) is 19.6 Å². The van der Waals surface area contributed by atoms with E-state index in [2.05, 4.69) is 0 Å². The zero-order valence-corrected chi connectivity index (χ0v) is 11.4. The normalized spacial score (nSPS) is 11.8. The quantitative estimate of drug-likeness (QED) is 0.937. The summed E-state index contributed by atoms with van der Waals surface area (Å²) in [4.78, 5) is 0. The van der Waals surface area contributed by atoms with E-state index in [0.717, 1.165) is 6.07 Å². The molecule has 0 fully saturated rings. The Morgan fingerprint density at radius 2 is 2.00 bits per heavy atom. The molecule has 2 aromatic carbocycles. The molecule has 0 aliphatic rings. The van der Waals surface area contributed by atoms with Gasteiger partial charge in [0.1, 0.15) is 24.0 Å². The molecule has 1 unspecified atom stereocenters. The Hall–Kier alpha value is -2.45. The van der Waals surface area contributed by atoms with Gasteiger partial charge in [0.2, 0.25) is 0 Å². The van der Waals surface area contributed by atoms with E-state index in [0.29, 0.717) is 16.9 Å². The molecule has 0 heterocycles. The lowest BCUT2D eigenvalue weighted by molar-refractivity contribution is 0.295. The van der Waals surface area contributed by atoms with E-state index < -0.39 is 17.7 Å². The molecule has 3 nitrogen and oxygen atoms in total. The van der Waals surface area contributed by atoms with Crippen LogP contribution in [0, 0.1) is 23.0 Å². The molecule has 1 atom stereocenters. The summed E-state index contributed by atoms with van der Waals surface area (Å²) in [6.07, 6.45) is 0. The molecule has 2 N–H and O–H groups in total. The minimum absolute atomic E-state index is 0.0249. The Labute approximate surface area is 121 Å². The smallest absolute Gasteiger partial charge is 0.131 e. The van der Waals surface area contributed by atoms with E-state index >= 15 is 0 Å². The van der Waals surface area contributed by atoms with Crippen LogP contribution in [0.5, 0.6) is 5.75 Å². The maximum atomic E-state index is 13.7. The molecule has 108 valence electrons. The van der Waals surface area contributed by atoms with E-state index in [1.54, 1.807) is 6.92 Å². The van der Waals surface area contributed by atoms with E-state index in [9.17, 15) is 8.78 Å². The van der Waals surface area contributed by atoms with Crippen LogP contribution in [-0.2, 0) is 6.61 Å². The van der Waals surface area contributed by atoms with Crippen molar-refractivity contribution in [3.8, 4) is 11.8 Å². The Balaban J connectivity index is 2.19. The van der Waals surface area contributed by atoms with E-state index in [1.807, 2.05) is 6.07 Å². The van der Waals surface area contributed by atoms with Crippen LogP contribution >= 0.6 is 0 Å². The van der Waals surface area contributed by atoms with Crippen LogP contribution in [0.25, 0.3) is 0 Å². The highest BCUT2D eigenvalue weighted by Gasteiger charge is 2.11. The van der Waals surface area contributed by atoms with Gasteiger partial charge in [-0.15, -0.1) is 0 Å². The summed E-state index contributed by atoms with van der Waals surface area (Å²) in [5.74, 6) is -0.507. The van der Waals surface area contributed by atoms with Crippen LogP contribution < -0.4 is 10.5 Å². The molecule has 0 saturated carbocycles. The van der Waals surface area contributed by atoms with Crippen molar-refractivity contribution in [1.82, 2.24) is 0 Å². The molecule has 0 bridgehead atoms. The number of hydrogen-bond donors (Lipinski definition) is 1. The summed E-state index contributed by atoms with van der Waals surface area (Å²) in [6, 6.07) is 9.64. The lowest BCUT2D eigenvalue weighted by Gasteiger charge is -2.14. The minimum atomic E-state index is -0.515. The third-order valence-electron chi connectivity index (χ3n) is 3.03. The highest BCUT2D eigenvalue weighted by Crippen LogP contribution is 2.26. The van der Waals surface area contributed by atoms with E-state index in [4.69, 9.17) is 15.7 Å². The standard InChI is InChI=1S/C16H14F2N2O/c1-10(20)14-7-13(17)4-5-16(14)21-9-12-3-2-11(8-19)6-15(12)18/h2-7,10H,9,20H2,1H3. The van der Waals surface area contributed by atoms with Crippen molar-refractivity contribution in [1.29, 1.82) is 5.26 Å². The predicted molar refractivity (Wildman–Crippen MR) is 74.4 cm³/mol. The van der Waals surface area contributed by atoms with Crippen LogP contribution in [0.3, 0.4) is 0 Å². The van der Waals surface area contributed by atoms with E-state index in [-0.39, 0.29) is 12.2 Å². The number of rotatable bonds is 4. The summed E-state index contributed by atoms with van der Waals surface area (Å²) in [7, 11) is 0. The molecule has 21 heavy (non-hydrogen) atoms. The molecule has 0 spiro atoms. The van der Waals surface area contributed by atoms with E-state index in [1.165, 1.54) is 30.3 Å². The fraction of sp³-hybridized carbons (Fsp3) is 0.188. The number of halogens is 2. The SMILES string of the molecule is CC(N)c1cc(F)ccc1OCc1ccc(C#N)cc1F. The number of nitrogens with zero attached hydrogens (tertiary/aromatic N) is 1. The second kappa shape index (κ2) is 6.33. The number of nitrogens with two attached hydrogens (primary N) is 1. The van der Waals surface area contributed by atoms with Gasteiger partial charge in [0.15, 0.2) is 0 Å². The Kier molecular flexibility index (Phi) is 4.51. The van der Waals surface area contributed by atoms with Gasteiger partial charge in [-0.25, -0.2) is 8.78 Å². The van der Waals surface area contributed by atoms with Gasteiger partial charge in [-0.1, -0.05) is 6.07 Å². The maximum Gasteiger partial charge on any atom is 0.131 e. The second-order valence-corrected chi connectivity index (χ2v) is 4.68. The molecule has 0 radical (unpaired) electrons. The molecular formula is C16H14F2N2O. The number of benzene rings is 2. The molecule has 0 saturated heterocycles. The van der Waals surface area contributed by atoms with Crippen LogP contribution in [0.1, 0.15) is 29.7 Å². The van der Waals surface area contributed by atoms with Crippen LogP contribution in [0.2, 0.25) is 0 Å². The summed E-state index contributed by atoms with van der Waals surface area (Å²) < 4.78 is 32.5. The molecule has 0 amide bonds. The highest BCUT2D eigenvalue weighted by atomic mass is 19.1. The number of ether oxygens (including phenoxy) is 1. The van der Waals surface area contributed by atoms with Gasteiger partial charge >= 0.3 is 0 Å². The first kappa shape index (κ1) is 14.9. The van der Waals surface area contributed by atoms with Crippen LogP contribution in [0.4, 0.5) is 8.78 Å². The first-order chi connectivity index (χ1) is 10.0. The first-order valence-corrected chi connectivity index (χ1v) is 6.37. The molecule has 0 aromatic heterocycles. The van der Waals surface area contributed by atoms with Gasteiger partial charge in [0.25, 0.3) is 0 Å². The molecule has 0 aliphatic carbocycles. The fourth-order valence-electron chi connectivity index (χ4n) is 1.90. The van der Waals surface area contributed by atoms with Gasteiger partial charge in [0, 0.05) is 17.2 Å². The largest absolute Gasteiger partial charge is 0.488 e. The van der Waals surface area contributed by atoms with Gasteiger partial charge in [-0.2, -0.15) is 5.26 Å². The van der Waals surface area contributed by atoms with Crippen molar-refractivity contribution in [2.75, 3.05) is 0 Å². The Bertz CT molecular complexity index is 693. The average molecular weight is 288 g/mol. The van der Waals surface area contributed by atoms with Gasteiger partial charge in [-0.05, 0) is 37.3 Å². The summed E-state index contributed by atoms with van der Waals surface area (Å²) in [5, 5.41) is 8.69. The van der Waals surface area contributed by atoms with Crippen LogP contribution in [-0.4, -0.2) is 0 Å². The van der Waals surface area contributed by atoms with Gasteiger partial charge < -0.3 is 10.5 Å². The Morgan fingerprint density at radius 1 is 1.24 bits per heavy atom. The molecule has 5 heteroatoms. The topological polar surface area (TPSA) is 59.0 Å². The minimum Gasteiger partial charge on any atom is -0.488 e. The fourth-order valence-corrected chi connectivity index (χ4v) is 1.90. The average Bonchev–Trinajstić information content (AvgIpc) is 2.46.